The summed E-state index contributed by atoms with van der Waals surface area (Å²) in [6.45, 7) is 3.52. The highest BCUT2D eigenvalue weighted by atomic mass is 16.2. The molecule has 0 unspecified atom stereocenters. The van der Waals surface area contributed by atoms with Crippen LogP contribution >= 0.6 is 0 Å². The highest BCUT2D eigenvalue weighted by Crippen LogP contribution is 1.94. The molecule has 0 spiro atoms. The van der Waals surface area contributed by atoms with Crippen LogP contribution in [0.4, 0.5) is 0 Å². The molecule has 0 atom stereocenters. The zero-order valence-electron chi connectivity index (χ0n) is 7.47. The van der Waals surface area contributed by atoms with Crippen LogP contribution in [0.15, 0.2) is 0 Å². The number of amides is 1. The van der Waals surface area contributed by atoms with Gasteiger partial charge in [-0.25, -0.2) is 0 Å². The summed E-state index contributed by atoms with van der Waals surface area (Å²) in [5, 5.41) is 0. The van der Waals surface area contributed by atoms with E-state index < -0.39 is 0 Å². The van der Waals surface area contributed by atoms with Crippen molar-refractivity contribution in [3.05, 3.63) is 0 Å². The lowest BCUT2D eigenvalue weighted by Crippen LogP contribution is -2.27. The van der Waals surface area contributed by atoms with Crippen molar-refractivity contribution in [2.24, 2.45) is 5.73 Å². The van der Waals surface area contributed by atoms with Gasteiger partial charge in [0, 0.05) is 20.0 Å². The zero-order chi connectivity index (χ0) is 8.69. The van der Waals surface area contributed by atoms with E-state index in [-0.39, 0.29) is 5.91 Å². The van der Waals surface area contributed by atoms with Gasteiger partial charge in [-0.2, -0.15) is 0 Å². The van der Waals surface area contributed by atoms with Gasteiger partial charge in [0.25, 0.3) is 0 Å². The number of hydrogen-bond acceptors (Lipinski definition) is 2. The number of rotatable bonds is 5. The van der Waals surface area contributed by atoms with Crippen LogP contribution in [-0.2, 0) is 4.79 Å². The second-order valence-electron chi connectivity index (χ2n) is 2.71. The molecule has 0 aliphatic rings. The van der Waals surface area contributed by atoms with E-state index in [1.807, 2.05) is 7.05 Å². The van der Waals surface area contributed by atoms with Crippen LogP contribution in [0.3, 0.4) is 0 Å². The topological polar surface area (TPSA) is 46.3 Å². The van der Waals surface area contributed by atoms with Crippen LogP contribution in [0.25, 0.3) is 0 Å². The van der Waals surface area contributed by atoms with Crippen LogP contribution in [0, 0.1) is 0 Å². The van der Waals surface area contributed by atoms with E-state index in [9.17, 15) is 4.79 Å². The first-order valence-corrected chi connectivity index (χ1v) is 4.16. The Morgan fingerprint density at radius 3 is 2.64 bits per heavy atom. The van der Waals surface area contributed by atoms with Crippen LogP contribution in [0.1, 0.15) is 26.2 Å². The summed E-state index contributed by atoms with van der Waals surface area (Å²) in [7, 11) is 1.84. The SMILES string of the molecule is CCCN(C)C(=O)CCCN. The van der Waals surface area contributed by atoms with Crippen molar-refractivity contribution < 1.29 is 4.79 Å². The molecule has 0 saturated carbocycles. The molecule has 2 N–H and O–H groups in total. The van der Waals surface area contributed by atoms with Gasteiger partial charge in [-0.3, -0.25) is 4.79 Å². The molecule has 0 radical (unpaired) electrons. The molecule has 0 aromatic carbocycles. The summed E-state index contributed by atoms with van der Waals surface area (Å²) in [6.07, 6.45) is 2.41. The van der Waals surface area contributed by atoms with E-state index >= 15 is 0 Å². The van der Waals surface area contributed by atoms with E-state index in [0.717, 1.165) is 19.4 Å². The molecule has 0 fully saturated rings. The summed E-state index contributed by atoms with van der Waals surface area (Å²) in [6, 6.07) is 0. The largest absolute Gasteiger partial charge is 0.346 e. The van der Waals surface area contributed by atoms with Crippen molar-refractivity contribution in [3.8, 4) is 0 Å². The quantitative estimate of drug-likeness (QED) is 0.636. The normalized spacial score (nSPS) is 9.73. The average molecular weight is 158 g/mol. The Kier molecular flexibility index (Phi) is 5.84. The zero-order valence-corrected chi connectivity index (χ0v) is 7.47. The van der Waals surface area contributed by atoms with Crippen LogP contribution < -0.4 is 5.73 Å². The minimum atomic E-state index is 0.206. The van der Waals surface area contributed by atoms with E-state index in [0.29, 0.717) is 13.0 Å². The molecule has 11 heavy (non-hydrogen) atoms. The molecule has 1 amide bonds. The Labute approximate surface area is 68.6 Å². The molecule has 0 rings (SSSR count). The van der Waals surface area contributed by atoms with Gasteiger partial charge in [0.05, 0.1) is 0 Å². The molecule has 0 aliphatic heterocycles. The number of carbonyl (C=O) groups is 1. The van der Waals surface area contributed by atoms with Crippen molar-refractivity contribution in [1.29, 1.82) is 0 Å². The molecular formula is C8H18N2O. The van der Waals surface area contributed by atoms with Crippen molar-refractivity contribution in [2.75, 3.05) is 20.1 Å². The second-order valence-corrected chi connectivity index (χ2v) is 2.71. The van der Waals surface area contributed by atoms with Crippen LogP contribution in [0.2, 0.25) is 0 Å². The lowest BCUT2D eigenvalue weighted by atomic mass is 10.3. The van der Waals surface area contributed by atoms with Gasteiger partial charge in [0.1, 0.15) is 0 Å². The van der Waals surface area contributed by atoms with E-state index in [1.54, 1.807) is 4.90 Å². The molecule has 3 heteroatoms. The molecule has 0 aliphatic carbocycles. The van der Waals surface area contributed by atoms with Gasteiger partial charge < -0.3 is 10.6 Å². The Balaban J connectivity index is 3.47. The Hall–Kier alpha value is -0.570. The van der Waals surface area contributed by atoms with E-state index in [4.69, 9.17) is 5.73 Å². The van der Waals surface area contributed by atoms with Crippen molar-refractivity contribution in [1.82, 2.24) is 4.90 Å². The second kappa shape index (κ2) is 6.16. The molecule has 0 aromatic rings. The fraction of sp³-hybridized carbons (Fsp3) is 0.875. The number of hydrogen-bond donors (Lipinski definition) is 1. The maximum Gasteiger partial charge on any atom is 0.222 e. The Bertz CT molecular complexity index is 115. The van der Waals surface area contributed by atoms with Crippen molar-refractivity contribution in [2.45, 2.75) is 26.2 Å². The monoisotopic (exact) mass is 158 g/mol. The molecule has 0 aromatic heterocycles. The van der Waals surface area contributed by atoms with E-state index in [1.165, 1.54) is 0 Å². The lowest BCUT2D eigenvalue weighted by molar-refractivity contribution is -0.129. The van der Waals surface area contributed by atoms with Crippen LogP contribution in [-0.4, -0.2) is 30.9 Å². The molecule has 0 heterocycles. The standard InChI is InChI=1S/C8H18N2O/c1-3-7-10(2)8(11)5-4-6-9/h3-7,9H2,1-2H3. The van der Waals surface area contributed by atoms with Crippen molar-refractivity contribution >= 4 is 5.91 Å². The average Bonchev–Trinajstić information content (AvgIpc) is 2.00. The molecule has 3 nitrogen and oxygen atoms in total. The third kappa shape index (κ3) is 4.79. The smallest absolute Gasteiger partial charge is 0.222 e. The van der Waals surface area contributed by atoms with E-state index in [2.05, 4.69) is 6.92 Å². The predicted octanol–water partition coefficient (Wildman–Crippen LogP) is 0.594. The summed E-state index contributed by atoms with van der Waals surface area (Å²) in [5.74, 6) is 0.206. The van der Waals surface area contributed by atoms with Gasteiger partial charge in [-0.1, -0.05) is 6.92 Å². The van der Waals surface area contributed by atoms with Crippen molar-refractivity contribution in [3.63, 3.8) is 0 Å². The fourth-order valence-corrected chi connectivity index (χ4v) is 0.904. The summed E-state index contributed by atoms with van der Waals surface area (Å²) in [5.41, 5.74) is 5.28. The summed E-state index contributed by atoms with van der Waals surface area (Å²) in [4.78, 5) is 12.9. The molecule has 66 valence electrons. The van der Waals surface area contributed by atoms with Gasteiger partial charge in [0.2, 0.25) is 5.91 Å². The van der Waals surface area contributed by atoms with Gasteiger partial charge >= 0.3 is 0 Å². The fourth-order valence-electron chi connectivity index (χ4n) is 0.904. The Morgan fingerprint density at radius 2 is 2.18 bits per heavy atom. The summed E-state index contributed by atoms with van der Waals surface area (Å²) >= 11 is 0. The highest BCUT2D eigenvalue weighted by molar-refractivity contribution is 5.75. The lowest BCUT2D eigenvalue weighted by Gasteiger charge is -2.15. The van der Waals surface area contributed by atoms with Crippen LogP contribution in [0.5, 0.6) is 0 Å². The maximum absolute atomic E-state index is 11.2. The number of nitrogens with two attached hydrogens (primary N) is 1. The van der Waals surface area contributed by atoms with Gasteiger partial charge in [-0.05, 0) is 19.4 Å². The highest BCUT2D eigenvalue weighted by Gasteiger charge is 2.05. The first kappa shape index (κ1) is 10.4. The maximum atomic E-state index is 11.2. The molecular weight excluding hydrogens is 140 g/mol. The predicted molar refractivity (Wildman–Crippen MR) is 46.2 cm³/mol. The number of carbonyl (C=O) groups excluding carboxylic acids is 1. The minimum absolute atomic E-state index is 0.206. The van der Waals surface area contributed by atoms with Gasteiger partial charge in [-0.15, -0.1) is 0 Å². The number of nitrogens with zero attached hydrogens (tertiary/aromatic N) is 1. The van der Waals surface area contributed by atoms with Gasteiger partial charge in [0.15, 0.2) is 0 Å². The molecule has 0 saturated heterocycles. The third-order valence-electron chi connectivity index (χ3n) is 1.58. The Morgan fingerprint density at radius 1 is 1.55 bits per heavy atom. The summed E-state index contributed by atoms with van der Waals surface area (Å²) < 4.78 is 0. The minimum Gasteiger partial charge on any atom is -0.346 e. The third-order valence-corrected chi connectivity index (χ3v) is 1.58. The first-order chi connectivity index (χ1) is 5.22. The molecule has 0 bridgehead atoms. The first-order valence-electron chi connectivity index (χ1n) is 4.16.